The van der Waals surface area contributed by atoms with Crippen LogP contribution < -0.4 is 30.7 Å². The molecule has 6 nitrogen and oxygen atoms in total. The monoisotopic (exact) mass is 862 g/mol. The second-order valence-electron chi connectivity index (χ2n) is 16.8. The lowest BCUT2D eigenvalue weighted by Gasteiger charge is -2.20. The second-order valence-corrected chi connectivity index (χ2v) is 16.8. The van der Waals surface area contributed by atoms with Crippen LogP contribution in [0.1, 0.15) is 38.5 Å². The molecule has 0 fully saturated rings. The molecule has 0 amide bonds. The topological polar surface area (TPSA) is 66.6 Å². The maximum Gasteiger partial charge on any atom is 0.144 e. The molecule has 0 aliphatic carbocycles. The molecule has 66 heavy (non-hydrogen) atoms. The van der Waals surface area contributed by atoms with E-state index >= 15 is 0 Å². The predicted molar refractivity (Wildman–Crippen MR) is 280 cm³/mol. The van der Waals surface area contributed by atoms with Crippen molar-refractivity contribution in [3.05, 3.63) is 206 Å². The number of ether oxygens (including phenoxy) is 2. The number of unbranched alkanes of at least 4 members (excludes halogenated alkanes) is 5. The van der Waals surface area contributed by atoms with Crippen molar-refractivity contribution in [3.63, 3.8) is 0 Å². The number of hydrogen-bond acceptors (Lipinski definition) is 6. The normalized spacial score (nSPS) is 11.2. The van der Waals surface area contributed by atoms with E-state index in [9.17, 15) is 0 Å². The molecule has 0 saturated heterocycles. The first-order valence-corrected chi connectivity index (χ1v) is 23.3. The van der Waals surface area contributed by atoms with E-state index in [-0.39, 0.29) is 0 Å². The summed E-state index contributed by atoms with van der Waals surface area (Å²) in [5.74, 6) is 1.66. The van der Waals surface area contributed by atoms with Crippen molar-refractivity contribution < 1.29 is 9.47 Å². The van der Waals surface area contributed by atoms with E-state index in [4.69, 9.17) is 9.47 Å². The van der Waals surface area contributed by atoms with E-state index in [2.05, 4.69) is 228 Å². The van der Waals surface area contributed by atoms with Crippen molar-refractivity contribution in [2.45, 2.75) is 38.5 Å². The third kappa shape index (κ3) is 9.59. The summed E-state index contributed by atoms with van der Waals surface area (Å²) in [7, 11) is 0. The average molecular weight is 863 g/mol. The van der Waals surface area contributed by atoms with Gasteiger partial charge in [0.2, 0.25) is 0 Å². The van der Waals surface area contributed by atoms with Gasteiger partial charge in [0.25, 0.3) is 0 Å². The number of benzene rings is 10. The van der Waals surface area contributed by atoms with E-state index in [0.717, 1.165) is 106 Å². The highest BCUT2D eigenvalue weighted by molar-refractivity contribution is 6.02. The lowest BCUT2D eigenvalue weighted by atomic mass is 10.1. The fourth-order valence-corrected chi connectivity index (χ4v) is 8.94. The van der Waals surface area contributed by atoms with E-state index in [1.807, 2.05) is 0 Å². The van der Waals surface area contributed by atoms with Crippen LogP contribution >= 0.6 is 0 Å². The van der Waals surface area contributed by atoms with Crippen LogP contribution in [0.15, 0.2) is 206 Å². The summed E-state index contributed by atoms with van der Waals surface area (Å²) in [6, 6.07) is 72.0. The molecule has 0 heterocycles. The fraction of sp³-hybridized carbons (Fsp3) is 0.133. The molecule has 10 rings (SSSR count). The number of para-hydroxylation sites is 2. The molecule has 0 unspecified atom stereocenters. The highest BCUT2D eigenvalue weighted by Crippen LogP contribution is 2.42. The molecule has 0 bridgehead atoms. The highest BCUT2D eigenvalue weighted by Gasteiger charge is 2.16. The maximum absolute atomic E-state index is 6.59. The third-order valence-electron chi connectivity index (χ3n) is 12.3. The van der Waals surface area contributed by atoms with Crippen LogP contribution in [0.5, 0.6) is 11.5 Å². The summed E-state index contributed by atoms with van der Waals surface area (Å²) in [5.41, 5.74) is 7.95. The Hall–Kier alpha value is -7.96. The van der Waals surface area contributed by atoms with Gasteiger partial charge in [0.1, 0.15) is 22.9 Å². The largest absolute Gasteiger partial charge is 0.491 e. The zero-order valence-corrected chi connectivity index (χ0v) is 37.1. The minimum Gasteiger partial charge on any atom is -0.491 e. The van der Waals surface area contributed by atoms with E-state index in [0.29, 0.717) is 13.2 Å². The molecule has 6 heteroatoms. The molecule has 0 aromatic heterocycles. The van der Waals surface area contributed by atoms with Gasteiger partial charge in [-0.05, 0) is 82.9 Å². The SMILES string of the molecule is c1cc(Nc2cccc3ccccc23)c(Nc2cccc3ccccc23)c(OCCCCCCCCOc2cccc(Nc3cccc4ccccc34)c2Nc2cccc3ccccc23)c1. The molecular formula is C60H54N4O2. The molecule has 0 aliphatic heterocycles. The number of rotatable bonds is 19. The molecular weight excluding hydrogens is 809 g/mol. The molecule has 0 radical (unpaired) electrons. The average Bonchev–Trinajstić information content (AvgIpc) is 3.36. The van der Waals surface area contributed by atoms with Crippen LogP contribution in [0, 0.1) is 0 Å². The summed E-state index contributed by atoms with van der Waals surface area (Å²) in [6.45, 7) is 1.28. The Morgan fingerprint density at radius 1 is 0.242 bits per heavy atom. The lowest BCUT2D eigenvalue weighted by molar-refractivity contribution is 0.298. The predicted octanol–water partition coefficient (Wildman–Crippen LogP) is 17.1. The van der Waals surface area contributed by atoms with E-state index < -0.39 is 0 Å². The molecule has 4 N–H and O–H groups in total. The van der Waals surface area contributed by atoms with Crippen molar-refractivity contribution in [2.75, 3.05) is 34.5 Å². The Morgan fingerprint density at radius 2 is 0.515 bits per heavy atom. The minimum atomic E-state index is 0.640. The quantitative estimate of drug-likeness (QED) is 0.0608. The Bertz CT molecular complexity index is 3020. The van der Waals surface area contributed by atoms with E-state index in [1.54, 1.807) is 0 Å². The first-order valence-electron chi connectivity index (χ1n) is 23.3. The molecule has 0 atom stereocenters. The summed E-state index contributed by atoms with van der Waals surface area (Å²) in [4.78, 5) is 0. The summed E-state index contributed by atoms with van der Waals surface area (Å²) >= 11 is 0. The zero-order chi connectivity index (χ0) is 44.3. The molecule has 0 spiro atoms. The summed E-state index contributed by atoms with van der Waals surface area (Å²) < 4.78 is 13.2. The standard InChI is InChI=1S/C60H54N4O2/c1(3-13-41-65-57-39-19-37-55(61-51-33-15-25-43-21-5-9-29-47(43)51)59(57)63-53-35-17-27-45-23-7-11-31-49(45)53)2-4-14-42-66-58-40-20-38-56(62-52-34-16-26-44-22-6-10-30-48(44)52)60(58)64-54-36-18-28-46-24-8-12-32-50(46)54/h5-12,15-40,61-64H,1-4,13-14,41-42H2. The molecule has 0 saturated carbocycles. The van der Waals surface area contributed by atoms with Crippen LogP contribution in [0.25, 0.3) is 43.1 Å². The molecule has 10 aromatic rings. The molecule has 0 aliphatic rings. The molecule has 10 aromatic carbocycles. The van der Waals surface area contributed by atoms with Crippen LogP contribution in [0.3, 0.4) is 0 Å². The van der Waals surface area contributed by atoms with Gasteiger partial charge in [0.15, 0.2) is 0 Å². The van der Waals surface area contributed by atoms with Gasteiger partial charge in [-0.15, -0.1) is 0 Å². The number of hydrogen-bond donors (Lipinski definition) is 4. The Morgan fingerprint density at radius 3 is 0.879 bits per heavy atom. The highest BCUT2D eigenvalue weighted by atomic mass is 16.5. The fourth-order valence-electron chi connectivity index (χ4n) is 8.94. The minimum absolute atomic E-state index is 0.640. The Balaban J connectivity index is 0.766. The summed E-state index contributed by atoms with van der Waals surface area (Å²) in [5, 5.41) is 24.5. The van der Waals surface area contributed by atoms with Crippen molar-refractivity contribution in [1.29, 1.82) is 0 Å². The van der Waals surface area contributed by atoms with Crippen LogP contribution in [0.2, 0.25) is 0 Å². The van der Waals surface area contributed by atoms with Gasteiger partial charge in [0.05, 0.1) is 24.6 Å². The number of anilines is 8. The van der Waals surface area contributed by atoms with Crippen LogP contribution in [-0.2, 0) is 0 Å². The lowest BCUT2D eigenvalue weighted by Crippen LogP contribution is -2.04. The second kappa shape index (κ2) is 20.3. The maximum atomic E-state index is 6.59. The van der Waals surface area contributed by atoms with Gasteiger partial charge in [-0.25, -0.2) is 0 Å². The van der Waals surface area contributed by atoms with Crippen molar-refractivity contribution in [2.24, 2.45) is 0 Å². The van der Waals surface area contributed by atoms with Gasteiger partial charge in [0, 0.05) is 44.3 Å². The smallest absolute Gasteiger partial charge is 0.144 e. The van der Waals surface area contributed by atoms with Gasteiger partial charge < -0.3 is 30.7 Å². The number of fused-ring (bicyclic) bond motifs is 4. The van der Waals surface area contributed by atoms with Crippen molar-refractivity contribution in [3.8, 4) is 11.5 Å². The van der Waals surface area contributed by atoms with Gasteiger partial charge in [-0.2, -0.15) is 0 Å². The first-order chi connectivity index (χ1) is 32.7. The summed E-state index contributed by atoms with van der Waals surface area (Å²) in [6.07, 6.45) is 6.44. The van der Waals surface area contributed by atoms with Crippen LogP contribution in [0.4, 0.5) is 45.5 Å². The van der Waals surface area contributed by atoms with E-state index in [1.165, 1.54) is 32.3 Å². The molecule has 326 valence electrons. The number of nitrogens with one attached hydrogen (secondary N) is 4. The van der Waals surface area contributed by atoms with Crippen LogP contribution in [-0.4, -0.2) is 13.2 Å². The van der Waals surface area contributed by atoms with Crippen molar-refractivity contribution in [1.82, 2.24) is 0 Å². The Labute approximate surface area is 387 Å². The van der Waals surface area contributed by atoms with Crippen molar-refractivity contribution >= 4 is 88.6 Å². The zero-order valence-electron chi connectivity index (χ0n) is 37.1. The first kappa shape index (κ1) is 42.0. The van der Waals surface area contributed by atoms with Gasteiger partial charge in [-0.3, -0.25) is 0 Å². The van der Waals surface area contributed by atoms with Gasteiger partial charge >= 0.3 is 0 Å². The van der Waals surface area contributed by atoms with Gasteiger partial charge in [-0.1, -0.05) is 183 Å². The Kier molecular flexibility index (Phi) is 12.9. The third-order valence-corrected chi connectivity index (χ3v) is 12.3.